The molecule has 1 amide bonds. The van der Waals surface area contributed by atoms with E-state index in [-0.39, 0.29) is 12.7 Å². The van der Waals surface area contributed by atoms with E-state index in [9.17, 15) is 15.0 Å². The molecule has 1 aliphatic rings. The van der Waals surface area contributed by atoms with Gasteiger partial charge in [0, 0.05) is 17.8 Å². The van der Waals surface area contributed by atoms with Crippen LogP contribution in [-0.4, -0.2) is 40.0 Å². The van der Waals surface area contributed by atoms with Crippen LogP contribution in [0.1, 0.15) is 30.1 Å². The lowest BCUT2D eigenvalue weighted by molar-refractivity contribution is 0.0761. The number of alkyl carbamates (subject to hydrolysis) is 1. The van der Waals surface area contributed by atoms with Crippen molar-refractivity contribution in [1.29, 1.82) is 0 Å². The number of nitrogens with zero attached hydrogens (tertiary/aromatic N) is 1. The van der Waals surface area contributed by atoms with Gasteiger partial charge in [0.2, 0.25) is 5.88 Å². The number of carbonyl (C=O) groups excluding carboxylic acids is 1. The summed E-state index contributed by atoms with van der Waals surface area (Å²) < 4.78 is 10.7. The smallest absolute Gasteiger partial charge is 0.407 e. The Morgan fingerprint density at radius 1 is 1.23 bits per heavy atom. The van der Waals surface area contributed by atoms with E-state index in [0.29, 0.717) is 11.4 Å². The van der Waals surface area contributed by atoms with E-state index >= 15 is 0 Å². The van der Waals surface area contributed by atoms with Gasteiger partial charge in [0.1, 0.15) is 18.8 Å². The van der Waals surface area contributed by atoms with Gasteiger partial charge in [0.25, 0.3) is 0 Å². The summed E-state index contributed by atoms with van der Waals surface area (Å²) in [6.07, 6.45) is 1.95. The lowest BCUT2D eigenvalue weighted by atomic mass is 10.1. The van der Waals surface area contributed by atoms with Crippen LogP contribution in [0, 0.1) is 0 Å². The molecule has 1 aromatic heterocycles. The standard InChI is InChI=1S/C19H22N2O5/c22-11-16(21-19(24)25-12-13-4-2-1-3-5-13)18(23)14-6-9-17(20-10-14)26-15-7-8-15/h1-6,9-10,15-16,18,22-23H,7-8,11-12H2,(H,21,24)/t16-,18?/m1/s1. The van der Waals surface area contributed by atoms with Crippen molar-refractivity contribution in [2.24, 2.45) is 0 Å². The van der Waals surface area contributed by atoms with E-state index < -0.39 is 24.8 Å². The molecule has 3 rings (SSSR count). The molecule has 7 nitrogen and oxygen atoms in total. The second-order valence-corrected chi connectivity index (χ2v) is 6.19. The van der Waals surface area contributed by atoms with Crippen LogP contribution >= 0.6 is 0 Å². The first-order chi connectivity index (χ1) is 12.7. The van der Waals surface area contributed by atoms with Gasteiger partial charge in [-0.15, -0.1) is 0 Å². The number of rotatable bonds is 8. The van der Waals surface area contributed by atoms with Crippen molar-refractivity contribution in [2.45, 2.75) is 37.7 Å². The lowest BCUT2D eigenvalue weighted by Gasteiger charge is -2.22. The molecule has 0 radical (unpaired) electrons. The number of aliphatic hydroxyl groups excluding tert-OH is 2. The Balaban J connectivity index is 1.52. The van der Waals surface area contributed by atoms with Crippen molar-refractivity contribution >= 4 is 6.09 Å². The summed E-state index contributed by atoms with van der Waals surface area (Å²) in [6.45, 7) is -0.336. The molecule has 0 spiro atoms. The van der Waals surface area contributed by atoms with Gasteiger partial charge in [0.05, 0.1) is 12.6 Å². The van der Waals surface area contributed by atoms with E-state index in [1.165, 1.54) is 6.20 Å². The predicted molar refractivity (Wildman–Crippen MR) is 93.5 cm³/mol. The third-order valence-electron chi connectivity index (χ3n) is 4.01. The van der Waals surface area contributed by atoms with Crippen LogP contribution in [-0.2, 0) is 11.3 Å². The van der Waals surface area contributed by atoms with Gasteiger partial charge in [-0.1, -0.05) is 30.3 Å². The molecule has 0 bridgehead atoms. The Hall–Kier alpha value is -2.64. The minimum Gasteiger partial charge on any atom is -0.474 e. The van der Waals surface area contributed by atoms with Crippen LogP contribution in [0.4, 0.5) is 4.79 Å². The zero-order chi connectivity index (χ0) is 18.4. The minimum atomic E-state index is -1.12. The quantitative estimate of drug-likeness (QED) is 0.667. The fourth-order valence-corrected chi connectivity index (χ4v) is 2.37. The van der Waals surface area contributed by atoms with Crippen molar-refractivity contribution in [3.05, 3.63) is 59.8 Å². The fraction of sp³-hybridized carbons (Fsp3) is 0.368. The van der Waals surface area contributed by atoms with Crippen molar-refractivity contribution in [1.82, 2.24) is 10.3 Å². The highest BCUT2D eigenvalue weighted by Gasteiger charge is 2.25. The summed E-state index contributed by atoms with van der Waals surface area (Å²) in [4.78, 5) is 16.1. The van der Waals surface area contributed by atoms with E-state index in [4.69, 9.17) is 9.47 Å². The first-order valence-electron chi connectivity index (χ1n) is 8.54. The maximum Gasteiger partial charge on any atom is 0.407 e. The summed E-state index contributed by atoms with van der Waals surface area (Å²) in [7, 11) is 0. The summed E-state index contributed by atoms with van der Waals surface area (Å²) in [5.41, 5.74) is 1.31. The largest absolute Gasteiger partial charge is 0.474 e. The molecule has 0 aliphatic heterocycles. The third kappa shape index (κ3) is 5.18. The van der Waals surface area contributed by atoms with Crippen LogP contribution in [0.3, 0.4) is 0 Å². The zero-order valence-corrected chi connectivity index (χ0v) is 14.2. The first-order valence-corrected chi connectivity index (χ1v) is 8.54. The molecule has 1 heterocycles. The maximum absolute atomic E-state index is 11.9. The lowest BCUT2D eigenvalue weighted by Crippen LogP contribution is -2.42. The van der Waals surface area contributed by atoms with Crippen LogP contribution in [0.5, 0.6) is 5.88 Å². The van der Waals surface area contributed by atoms with Crippen molar-refractivity contribution in [2.75, 3.05) is 6.61 Å². The number of aliphatic hydroxyl groups is 2. The van der Waals surface area contributed by atoms with Crippen molar-refractivity contribution < 1.29 is 24.5 Å². The van der Waals surface area contributed by atoms with E-state index in [1.807, 2.05) is 30.3 Å². The Kier molecular flexibility index (Phi) is 6.04. The number of amides is 1. The number of carbonyl (C=O) groups is 1. The normalized spacial score (nSPS) is 15.8. The van der Waals surface area contributed by atoms with Crippen LogP contribution in [0.25, 0.3) is 0 Å². The SMILES string of the molecule is O=C(N[C@H](CO)C(O)c1ccc(OC2CC2)nc1)OCc1ccccc1. The molecule has 138 valence electrons. The van der Waals surface area contributed by atoms with Crippen LogP contribution in [0.2, 0.25) is 0 Å². The molecule has 2 atom stereocenters. The monoisotopic (exact) mass is 358 g/mol. The van der Waals surface area contributed by atoms with Gasteiger partial charge in [0.15, 0.2) is 0 Å². The molecule has 1 aliphatic carbocycles. The first kappa shape index (κ1) is 18.2. The molecule has 1 saturated carbocycles. The molecule has 1 aromatic carbocycles. The van der Waals surface area contributed by atoms with Crippen molar-refractivity contribution in [3.63, 3.8) is 0 Å². The Morgan fingerprint density at radius 3 is 2.62 bits per heavy atom. The summed E-state index contributed by atoms with van der Waals surface area (Å²) in [6, 6.07) is 11.7. The van der Waals surface area contributed by atoms with Crippen molar-refractivity contribution in [3.8, 4) is 5.88 Å². The van der Waals surface area contributed by atoms with E-state index in [1.54, 1.807) is 12.1 Å². The number of hydrogen-bond acceptors (Lipinski definition) is 6. The van der Waals surface area contributed by atoms with Crippen LogP contribution < -0.4 is 10.1 Å². The zero-order valence-electron chi connectivity index (χ0n) is 14.2. The van der Waals surface area contributed by atoms with Gasteiger partial charge >= 0.3 is 6.09 Å². The maximum atomic E-state index is 11.9. The average Bonchev–Trinajstić information content (AvgIpc) is 3.49. The number of nitrogens with one attached hydrogen (secondary N) is 1. The van der Waals surface area contributed by atoms with E-state index in [0.717, 1.165) is 18.4 Å². The molecular formula is C19H22N2O5. The highest BCUT2D eigenvalue weighted by molar-refractivity contribution is 5.67. The van der Waals surface area contributed by atoms with Gasteiger partial charge in [-0.25, -0.2) is 9.78 Å². The molecule has 26 heavy (non-hydrogen) atoms. The number of ether oxygens (including phenoxy) is 2. The number of pyridine rings is 1. The highest BCUT2D eigenvalue weighted by atomic mass is 16.5. The molecule has 2 aromatic rings. The molecule has 3 N–H and O–H groups in total. The van der Waals surface area contributed by atoms with Gasteiger partial charge in [-0.2, -0.15) is 0 Å². The number of benzene rings is 1. The average molecular weight is 358 g/mol. The topological polar surface area (TPSA) is 101 Å². The second kappa shape index (κ2) is 8.64. The molecule has 1 unspecified atom stereocenters. The van der Waals surface area contributed by atoms with E-state index in [2.05, 4.69) is 10.3 Å². The summed E-state index contributed by atoms with van der Waals surface area (Å²) in [5.74, 6) is 0.499. The Morgan fingerprint density at radius 2 is 2.00 bits per heavy atom. The number of aromatic nitrogens is 1. The van der Waals surface area contributed by atoms with Gasteiger partial charge in [-0.05, 0) is 24.5 Å². The Labute approximate surface area is 151 Å². The second-order valence-electron chi connectivity index (χ2n) is 6.19. The summed E-state index contributed by atoms with van der Waals surface area (Å²) in [5, 5.41) is 22.4. The third-order valence-corrected chi connectivity index (χ3v) is 4.01. The number of hydrogen-bond donors (Lipinski definition) is 3. The van der Waals surface area contributed by atoms with Gasteiger partial charge < -0.3 is 25.0 Å². The van der Waals surface area contributed by atoms with Crippen LogP contribution in [0.15, 0.2) is 48.7 Å². The molecular weight excluding hydrogens is 336 g/mol. The minimum absolute atomic E-state index is 0.107. The molecule has 0 saturated heterocycles. The highest BCUT2D eigenvalue weighted by Crippen LogP contribution is 2.26. The fourth-order valence-electron chi connectivity index (χ4n) is 2.37. The Bertz CT molecular complexity index is 704. The van der Waals surface area contributed by atoms with Gasteiger partial charge in [-0.3, -0.25) is 0 Å². The summed E-state index contributed by atoms with van der Waals surface area (Å²) >= 11 is 0. The predicted octanol–water partition coefficient (Wildman–Crippen LogP) is 1.94. The molecule has 7 heteroatoms. The molecule has 1 fully saturated rings.